The molecule has 0 saturated carbocycles. The van der Waals surface area contributed by atoms with Crippen LogP contribution in [0, 0.1) is 17.2 Å². The van der Waals surface area contributed by atoms with E-state index in [-0.39, 0.29) is 5.91 Å². The summed E-state index contributed by atoms with van der Waals surface area (Å²) >= 11 is 0. The smallest absolute Gasteiger partial charge is 0.257 e. The maximum Gasteiger partial charge on any atom is 0.257 e. The SMILES string of the molecule is CC(C)CNc1cncc(C(=O)Nc2ccccc2C#N)c1. The number of carbonyl (C=O) groups is 1. The number of benzene rings is 1. The summed E-state index contributed by atoms with van der Waals surface area (Å²) in [5.74, 6) is 0.211. The third kappa shape index (κ3) is 4.06. The minimum atomic E-state index is -0.289. The largest absolute Gasteiger partial charge is 0.384 e. The van der Waals surface area contributed by atoms with Gasteiger partial charge in [-0.15, -0.1) is 0 Å². The number of nitrogens with one attached hydrogen (secondary N) is 2. The van der Waals surface area contributed by atoms with E-state index in [1.54, 1.807) is 36.5 Å². The molecule has 1 heterocycles. The molecular weight excluding hydrogens is 276 g/mol. The molecule has 0 unspecified atom stereocenters. The molecule has 5 heteroatoms. The number of nitrogens with zero attached hydrogens (tertiary/aromatic N) is 2. The molecule has 5 nitrogen and oxygen atoms in total. The Kier molecular flexibility index (Phi) is 5.10. The summed E-state index contributed by atoms with van der Waals surface area (Å²) in [6.45, 7) is 5.02. The van der Waals surface area contributed by atoms with E-state index in [2.05, 4.69) is 35.5 Å². The third-order valence-electron chi connectivity index (χ3n) is 3.01. The molecule has 1 aromatic carbocycles. The van der Waals surface area contributed by atoms with Crippen LogP contribution in [0.3, 0.4) is 0 Å². The number of pyridine rings is 1. The Morgan fingerprint density at radius 3 is 2.82 bits per heavy atom. The van der Waals surface area contributed by atoms with Crippen molar-refractivity contribution in [2.24, 2.45) is 5.92 Å². The van der Waals surface area contributed by atoms with Gasteiger partial charge in [-0.1, -0.05) is 26.0 Å². The van der Waals surface area contributed by atoms with Crippen molar-refractivity contribution >= 4 is 17.3 Å². The van der Waals surface area contributed by atoms with Crippen LogP contribution in [0.15, 0.2) is 42.7 Å². The molecule has 0 radical (unpaired) electrons. The highest BCUT2D eigenvalue weighted by Gasteiger charge is 2.10. The second-order valence-corrected chi connectivity index (χ2v) is 5.35. The fourth-order valence-electron chi connectivity index (χ4n) is 1.87. The molecule has 1 amide bonds. The van der Waals surface area contributed by atoms with Crippen LogP contribution < -0.4 is 10.6 Å². The average Bonchev–Trinajstić information content (AvgIpc) is 2.53. The summed E-state index contributed by atoms with van der Waals surface area (Å²) in [5, 5.41) is 15.0. The summed E-state index contributed by atoms with van der Waals surface area (Å²) in [4.78, 5) is 16.4. The Morgan fingerprint density at radius 1 is 1.32 bits per heavy atom. The maximum absolute atomic E-state index is 12.3. The predicted octanol–water partition coefficient (Wildman–Crippen LogP) is 3.27. The zero-order valence-corrected chi connectivity index (χ0v) is 12.6. The van der Waals surface area contributed by atoms with Gasteiger partial charge in [0.1, 0.15) is 6.07 Å². The number of hydrogen-bond donors (Lipinski definition) is 2. The molecule has 1 aromatic heterocycles. The summed E-state index contributed by atoms with van der Waals surface area (Å²) in [6, 6.07) is 10.7. The minimum absolute atomic E-state index is 0.289. The van der Waals surface area contributed by atoms with Gasteiger partial charge >= 0.3 is 0 Å². The average molecular weight is 294 g/mol. The standard InChI is InChI=1S/C17H18N4O/c1-12(2)9-20-15-7-14(10-19-11-15)17(22)21-16-6-4-3-5-13(16)8-18/h3-7,10-12,20H,9H2,1-2H3,(H,21,22). The minimum Gasteiger partial charge on any atom is -0.384 e. The molecule has 22 heavy (non-hydrogen) atoms. The van der Waals surface area contributed by atoms with Crippen molar-refractivity contribution in [2.45, 2.75) is 13.8 Å². The van der Waals surface area contributed by atoms with Gasteiger partial charge < -0.3 is 10.6 Å². The molecule has 2 N–H and O–H groups in total. The lowest BCUT2D eigenvalue weighted by atomic mass is 10.1. The second-order valence-electron chi connectivity index (χ2n) is 5.35. The Hall–Kier alpha value is -2.87. The molecule has 0 aliphatic heterocycles. The third-order valence-corrected chi connectivity index (χ3v) is 3.01. The number of rotatable bonds is 5. The highest BCUT2D eigenvalue weighted by molar-refractivity contribution is 6.05. The van der Waals surface area contributed by atoms with Crippen LogP contribution in [0.5, 0.6) is 0 Å². The summed E-state index contributed by atoms with van der Waals surface area (Å²) in [7, 11) is 0. The van der Waals surface area contributed by atoms with E-state index in [0.29, 0.717) is 22.7 Å². The number of anilines is 2. The van der Waals surface area contributed by atoms with Crippen molar-refractivity contribution < 1.29 is 4.79 Å². The molecular formula is C17H18N4O. The van der Waals surface area contributed by atoms with Gasteiger partial charge in [0.2, 0.25) is 0 Å². The molecule has 0 saturated heterocycles. The van der Waals surface area contributed by atoms with E-state index >= 15 is 0 Å². The molecule has 2 rings (SSSR count). The number of amides is 1. The molecule has 0 aliphatic rings. The van der Waals surface area contributed by atoms with Crippen molar-refractivity contribution in [3.63, 3.8) is 0 Å². The van der Waals surface area contributed by atoms with Gasteiger partial charge in [0.25, 0.3) is 5.91 Å². The van der Waals surface area contributed by atoms with Crippen LogP contribution in [0.2, 0.25) is 0 Å². The molecule has 0 spiro atoms. The van der Waals surface area contributed by atoms with Crippen LogP contribution in [-0.4, -0.2) is 17.4 Å². The van der Waals surface area contributed by atoms with Crippen LogP contribution in [-0.2, 0) is 0 Å². The topological polar surface area (TPSA) is 77.8 Å². The Balaban J connectivity index is 2.13. The number of aromatic nitrogens is 1. The van der Waals surface area contributed by atoms with Gasteiger partial charge in [0.15, 0.2) is 0 Å². The summed E-state index contributed by atoms with van der Waals surface area (Å²) in [6.07, 6.45) is 3.19. The fraction of sp³-hybridized carbons (Fsp3) is 0.235. The monoisotopic (exact) mass is 294 g/mol. The van der Waals surface area contributed by atoms with E-state index in [9.17, 15) is 4.79 Å². The Bertz CT molecular complexity index is 704. The van der Waals surface area contributed by atoms with Crippen LogP contribution in [0.1, 0.15) is 29.8 Å². The van der Waals surface area contributed by atoms with Crippen molar-refractivity contribution in [3.05, 3.63) is 53.9 Å². The van der Waals surface area contributed by atoms with Gasteiger partial charge in [-0.2, -0.15) is 5.26 Å². The van der Waals surface area contributed by atoms with Crippen LogP contribution in [0.25, 0.3) is 0 Å². The number of hydrogen-bond acceptors (Lipinski definition) is 4. The van der Waals surface area contributed by atoms with Crippen molar-refractivity contribution in [2.75, 3.05) is 17.2 Å². The summed E-state index contributed by atoms with van der Waals surface area (Å²) in [5.41, 5.74) is 2.17. The first-order valence-corrected chi connectivity index (χ1v) is 7.09. The first kappa shape index (κ1) is 15.5. The van der Waals surface area contributed by atoms with E-state index in [1.807, 2.05) is 0 Å². The quantitative estimate of drug-likeness (QED) is 0.887. The number of nitriles is 1. The normalized spacial score (nSPS) is 10.1. The highest BCUT2D eigenvalue weighted by atomic mass is 16.1. The zero-order valence-electron chi connectivity index (χ0n) is 12.6. The first-order chi connectivity index (χ1) is 10.6. The van der Waals surface area contributed by atoms with E-state index in [0.717, 1.165) is 12.2 Å². The predicted molar refractivity (Wildman–Crippen MR) is 86.7 cm³/mol. The van der Waals surface area contributed by atoms with Crippen LogP contribution >= 0.6 is 0 Å². The van der Waals surface area contributed by atoms with Gasteiger partial charge in [-0.05, 0) is 24.1 Å². The second kappa shape index (κ2) is 7.23. The van der Waals surface area contributed by atoms with Crippen molar-refractivity contribution in [1.29, 1.82) is 5.26 Å². The van der Waals surface area contributed by atoms with E-state index in [1.165, 1.54) is 6.20 Å². The van der Waals surface area contributed by atoms with E-state index < -0.39 is 0 Å². The van der Waals surface area contributed by atoms with Crippen molar-refractivity contribution in [1.82, 2.24) is 4.98 Å². The Labute approximate surface area is 130 Å². The number of carbonyl (C=O) groups excluding carboxylic acids is 1. The summed E-state index contributed by atoms with van der Waals surface area (Å²) < 4.78 is 0. The van der Waals surface area contributed by atoms with E-state index in [4.69, 9.17) is 5.26 Å². The van der Waals surface area contributed by atoms with Gasteiger partial charge in [0.05, 0.1) is 22.5 Å². The molecule has 112 valence electrons. The van der Waals surface area contributed by atoms with Gasteiger partial charge in [-0.25, -0.2) is 0 Å². The highest BCUT2D eigenvalue weighted by Crippen LogP contribution is 2.16. The lowest BCUT2D eigenvalue weighted by molar-refractivity contribution is 0.102. The molecule has 0 bridgehead atoms. The fourth-order valence-corrected chi connectivity index (χ4v) is 1.87. The molecule has 2 aromatic rings. The van der Waals surface area contributed by atoms with Crippen LogP contribution in [0.4, 0.5) is 11.4 Å². The molecule has 0 atom stereocenters. The maximum atomic E-state index is 12.3. The lowest BCUT2D eigenvalue weighted by Crippen LogP contribution is -2.14. The lowest BCUT2D eigenvalue weighted by Gasteiger charge is -2.10. The first-order valence-electron chi connectivity index (χ1n) is 7.09. The Morgan fingerprint density at radius 2 is 2.09 bits per heavy atom. The number of para-hydroxylation sites is 1. The van der Waals surface area contributed by atoms with Gasteiger partial charge in [-0.3, -0.25) is 9.78 Å². The van der Waals surface area contributed by atoms with Gasteiger partial charge in [0, 0.05) is 18.9 Å². The van der Waals surface area contributed by atoms with Crippen molar-refractivity contribution in [3.8, 4) is 6.07 Å². The zero-order chi connectivity index (χ0) is 15.9. The molecule has 0 aliphatic carbocycles. The molecule has 0 fully saturated rings.